The van der Waals surface area contributed by atoms with Gasteiger partial charge in [0.05, 0.1) is 17.3 Å². The molecule has 0 aliphatic carbocycles. The van der Waals surface area contributed by atoms with E-state index in [1.807, 2.05) is 46.1 Å². The Morgan fingerprint density at radius 3 is 2.57 bits per heavy atom. The van der Waals surface area contributed by atoms with Crippen molar-refractivity contribution in [1.82, 2.24) is 14.7 Å². The van der Waals surface area contributed by atoms with Gasteiger partial charge < -0.3 is 9.64 Å². The number of amides is 1. The number of rotatable bonds is 4. The van der Waals surface area contributed by atoms with Crippen LogP contribution in [0.1, 0.15) is 30.6 Å². The summed E-state index contributed by atoms with van der Waals surface area (Å²) in [6, 6.07) is 9.91. The molecule has 1 amide bonds. The van der Waals surface area contributed by atoms with Gasteiger partial charge in [0.2, 0.25) is 0 Å². The summed E-state index contributed by atoms with van der Waals surface area (Å²) in [5.74, 6) is 0.0237. The van der Waals surface area contributed by atoms with Gasteiger partial charge in [-0.2, -0.15) is 5.10 Å². The fourth-order valence-electron chi connectivity index (χ4n) is 3.04. The SMILES string of the molecule is CO[C@@H](C(=O)N1CCC(n2cc(Cl)cn2)CC1)c1ccccc1. The van der Waals surface area contributed by atoms with E-state index in [0.717, 1.165) is 18.4 Å². The minimum absolute atomic E-state index is 0.0237. The van der Waals surface area contributed by atoms with Crippen LogP contribution in [0, 0.1) is 0 Å². The number of aromatic nitrogens is 2. The maximum absolute atomic E-state index is 12.7. The number of halogens is 1. The molecule has 1 aliphatic rings. The summed E-state index contributed by atoms with van der Waals surface area (Å²) in [4.78, 5) is 14.6. The molecule has 6 heteroatoms. The van der Waals surface area contributed by atoms with Crippen LogP contribution in [-0.4, -0.2) is 40.8 Å². The number of methoxy groups -OCH3 is 1. The average Bonchev–Trinajstić information content (AvgIpc) is 3.03. The van der Waals surface area contributed by atoms with Crippen LogP contribution in [0.15, 0.2) is 42.7 Å². The molecule has 1 aliphatic heterocycles. The number of likely N-dealkylation sites (tertiary alicyclic amines) is 1. The van der Waals surface area contributed by atoms with Crippen LogP contribution in [0.4, 0.5) is 0 Å². The molecule has 0 saturated carbocycles. The van der Waals surface area contributed by atoms with Gasteiger partial charge >= 0.3 is 0 Å². The van der Waals surface area contributed by atoms with E-state index in [0.29, 0.717) is 24.2 Å². The van der Waals surface area contributed by atoms with Gasteiger partial charge in [0.25, 0.3) is 5.91 Å². The first-order valence-corrected chi connectivity index (χ1v) is 8.13. The number of ether oxygens (including phenoxy) is 1. The summed E-state index contributed by atoms with van der Waals surface area (Å²) in [5.41, 5.74) is 0.890. The molecule has 1 fully saturated rings. The molecule has 23 heavy (non-hydrogen) atoms. The Kier molecular flexibility index (Phi) is 4.98. The monoisotopic (exact) mass is 333 g/mol. The van der Waals surface area contributed by atoms with Gasteiger partial charge in [-0.25, -0.2) is 0 Å². The van der Waals surface area contributed by atoms with Gasteiger partial charge in [-0.15, -0.1) is 0 Å². The van der Waals surface area contributed by atoms with Crippen molar-refractivity contribution in [3.63, 3.8) is 0 Å². The van der Waals surface area contributed by atoms with Crippen molar-refractivity contribution in [2.75, 3.05) is 20.2 Å². The second-order valence-corrected chi connectivity index (χ2v) is 6.16. The van der Waals surface area contributed by atoms with Crippen molar-refractivity contribution in [2.45, 2.75) is 25.0 Å². The third kappa shape index (κ3) is 3.57. The largest absolute Gasteiger partial charge is 0.367 e. The molecule has 0 unspecified atom stereocenters. The molecule has 0 spiro atoms. The van der Waals surface area contributed by atoms with Crippen LogP contribution < -0.4 is 0 Å². The van der Waals surface area contributed by atoms with Gasteiger partial charge in [0.15, 0.2) is 6.10 Å². The van der Waals surface area contributed by atoms with Crippen LogP contribution in [0.3, 0.4) is 0 Å². The molecule has 1 aromatic heterocycles. The Hall–Kier alpha value is -1.85. The molecule has 1 aromatic carbocycles. The maximum Gasteiger partial charge on any atom is 0.256 e. The molecule has 0 radical (unpaired) electrons. The standard InChI is InChI=1S/C17H20ClN3O2/c1-23-16(13-5-3-2-4-6-13)17(22)20-9-7-15(8-10-20)21-12-14(18)11-19-21/h2-6,11-12,15-16H,7-10H2,1H3/t16-/m1/s1. The number of carbonyl (C=O) groups is 1. The van der Waals surface area contributed by atoms with Gasteiger partial charge in [-0.1, -0.05) is 41.9 Å². The zero-order valence-corrected chi connectivity index (χ0v) is 13.8. The first-order chi connectivity index (χ1) is 11.2. The Morgan fingerprint density at radius 2 is 2.00 bits per heavy atom. The normalized spacial score (nSPS) is 17.2. The first kappa shape index (κ1) is 16.0. The van der Waals surface area contributed by atoms with Crippen molar-refractivity contribution in [2.24, 2.45) is 0 Å². The fraction of sp³-hybridized carbons (Fsp3) is 0.412. The topological polar surface area (TPSA) is 47.4 Å². The molecule has 1 saturated heterocycles. The average molecular weight is 334 g/mol. The maximum atomic E-state index is 12.7. The number of nitrogens with zero attached hydrogens (tertiary/aromatic N) is 3. The Labute approximate surface area is 140 Å². The quantitative estimate of drug-likeness (QED) is 0.863. The van der Waals surface area contributed by atoms with Gasteiger partial charge in [0, 0.05) is 26.4 Å². The van der Waals surface area contributed by atoms with E-state index in [2.05, 4.69) is 5.10 Å². The Bertz CT molecular complexity index is 651. The van der Waals surface area contributed by atoms with Crippen LogP contribution in [0.25, 0.3) is 0 Å². The van der Waals surface area contributed by atoms with E-state index in [1.54, 1.807) is 13.3 Å². The Balaban J connectivity index is 1.63. The summed E-state index contributed by atoms with van der Waals surface area (Å²) in [6.07, 6.45) is 4.69. The third-order valence-electron chi connectivity index (χ3n) is 4.28. The number of hydrogen-bond donors (Lipinski definition) is 0. The van der Waals surface area contributed by atoms with Crippen LogP contribution in [-0.2, 0) is 9.53 Å². The lowest BCUT2D eigenvalue weighted by Gasteiger charge is -2.34. The van der Waals surface area contributed by atoms with Gasteiger partial charge in [0.1, 0.15) is 0 Å². The van der Waals surface area contributed by atoms with Crippen LogP contribution >= 0.6 is 11.6 Å². The summed E-state index contributed by atoms with van der Waals surface area (Å²) in [7, 11) is 1.58. The second kappa shape index (κ2) is 7.15. The van der Waals surface area contributed by atoms with Crippen molar-refractivity contribution in [1.29, 1.82) is 0 Å². The summed E-state index contributed by atoms with van der Waals surface area (Å²) >= 11 is 5.92. The van der Waals surface area contributed by atoms with Gasteiger partial charge in [-0.3, -0.25) is 9.48 Å². The highest BCUT2D eigenvalue weighted by Crippen LogP contribution is 2.26. The number of carbonyl (C=O) groups excluding carboxylic acids is 1. The van der Waals surface area contributed by atoms with E-state index in [1.165, 1.54) is 0 Å². The molecule has 3 rings (SSSR count). The highest BCUT2D eigenvalue weighted by atomic mass is 35.5. The van der Waals surface area contributed by atoms with E-state index in [-0.39, 0.29) is 5.91 Å². The first-order valence-electron chi connectivity index (χ1n) is 7.75. The number of hydrogen-bond acceptors (Lipinski definition) is 3. The minimum Gasteiger partial charge on any atom is -0.367 e. The van der Waals surface area contributed by atoms with Crippen molar-refractivity contribution in [3.8, 4) is 0 Å². The van der Waals surface area contributed by atoms with Crippen LogP contribution in [0.2, 0.25) is 5.02 Å². The van der Waals surface area contributed by atoms with E-state index in [9.17, 15) is 4.79 Å². The summed E-state index contributed by atoms with van der Waals surface area (Å²) in [5, 5.41) is 4.91. The zero-order chi connectivity index (χ0) is 16.2. The van der Waals surface area contributed by atoms with E-state index >= 15 is 0 Å². The van der Waals surface area contributed by atoms with E-state index in [4.69, 9.17) is 16.3 Å². The Morgan fingerprint density at radius 1 is 1.30 bits per heavy atom. The third-order valence-corrected chi connectivity index (χ3v) is 4.48. The molecule has 122 valence electrons. The predicted octanol–water partition coefficient (Wildman–Crippen LogP) is 3.09. The second-order valence-electron chi connectivity index (χ2n) is 5.72. The smallest absolute Gasteiger partial charge is 0.256 e. The predicted molar refractivity (Wildman–Crippen MR) is 88.3 cm³/mol. The van der Waals surface area contributed by atoms with Crippen LogP contribution in [0.5, 0.6) is 0 Å². The molecule has 2 aromatic rings. The van der Waals surface area contributed by atoms with Crippen molar-refractivity contribution in [3.05, 3.63) is 53.3 Å². The summed E-state index contributed by atoms with van der Waals surface area (Å²) in [6.45, 7) is 1.40. The lowest BCUT2D eigenvalue weighted by atomic mass is 10.0. The van der Waals surface area contributed by atoms with E-state index < -0.39 is 6.10 Å². The van der Waals surface area contributed by atoms with Gasteiger partial charge in [-0.05, 0) is 18.4 Å². The molecule has 1 atom stereocenters. The highest BCUT2D eigenvalue weighted by molar-refractivity contribution is 6.30. The molecule has 5 nitrogen and oxygen atoms in total. The van der Waals surface area contributed by atoms with Crippen molar-refractivity contribution < 1.29 is 9.53 Å². The lowest BCUT2D eigenvalue weighted by molar-refractivity contribution is -0.143. The molecular formula is C17H20ClN3O2. The molecule has 2 heterocycles. The fourth-order valence-corrected chi connectivity index (χ4v) is 3.18. The molecule has 0 bridgehead atoms. The highest BCUT2D eigenvalue weighted by Gasteiger charge is 2.29. The molecule has 0 N–H and O–H groups in total. The number of piperidine rings is 1. The summed E-state index contributed by atoms with van der Waals surface area (Å²) < 4.78 is 7.34. The zero-order valence-electron chi connectivity index (χ0n) is 13.1. The number of benzene rings is 1. The minimum atomic E-state index is -0.535. The lowest BCUT2D eigenvalue weighted by Crippen LogP contribution is -2.42. The van der Waals surface area contributed by atoms with Crippen molar-refractivity contribution >= 4 is 17.5 Å². The molecular weight excluding hydrogens is 314 g/mol.